The third-order valence-corrected chi connectivity index (χ3v) is 4.70. The average molecular weight is 311 g/mol. The zero-order valence-corrected chi connectivity index (χ0v) is 13.0. The molecule has 1 N–H and O–H groups in total. The minimum atomic E-state index is -0.296. The van der Waals surface area contributed by atoms with Gasteiger partial charge in [-0.05, 0) is 43.4 Å². The molecule has 1 fully saturated rings. The Bertz CT molecular complexity index is 836. The van der Waals surface area contributed by atoms with E-state index in [9.17, 15) is 4.39 Å². The van der Waals surface area contributed by atoms with Gasteiger partial charge in [-0.2, -0.15) is 5.10 Å². The molecular formula is C17H18FN5. The number of anilines is 1. The molecule has 6 heteroatoms. The summed E-state index contributed by atoms with van der Waals surface area (Å²) < 4.78 is 13.9. The maximum atomic E-state index is 13.9. The second-order valence-electron chi connectivity index (χ2n) is 6.04. The van der Waals surface area contributed by atoms with Gasteiger partial charge in [0.1, 0.15) is 23.5 Å². The van der Waals surface area contributed by atoms with Crippen LogP contribution < -0.4 is 4.90 Å². The van der Waals surface area contributed by atoms with Gasteiger partial charge in [-0.15, -0.1) is 0 Å². The third kappa shape index (κ3) is 2.44. The van der Waals surface area contributed by atoms with Gasteiger partial charge in [-0.25, -0.2) is 14.4 Å². The summed E-state index contributed by atoms with van der Waals surface area (Å²) in [7, 11) is 0. The Balaban J connectivity index is 1.60. The number of nitrogens with zero attached hydrogens (tertiary/aromatic N) is 4. The number of aromatic amines is 1. The molecule has 23 heavy (non-hydrogen) atoms. The maximum absolute atomic E-state index is 13.9. The zero-order valence-electron chi connectivity index (χ0n) is 13.0. The van der Waals surface area contributed by atoms with Gasteiger partial charge >= 0.3 is 0 Å². The number of H-pyrrole nitrogens is 1. The van der Waals surface area contributed by atoms with E-state index in [-0.39, 0.29) is 5.82 Å². The molecule has 118 valence electrons. The minimum absolute atomic E-state index is 0.296. The lowest BCUT2D eigenvalue weighted by atomic mass is 9.90. The molecule has 0 amide bonds. The quantitative estimate of drug-likeness (QED) is 0.789. The normalized spacial score (nSPS) is 16.2. The summed E-state index contributed by atoms with van der Waals surface area (Å²) in [6.07, 6.45) is 5.47. The maximum Gasteiger partial charge on any atom is 0.149 e. The van der Waals surface area contributed by atoms with Crippen molar-refractivity contribution in [2.75, 3.05) is 18.0 Å². The fourth-order valence-corrected chi connectivity index (χ4v) is 3.46. The van der Waals surface area contributed by atoms with Gasteiger partial charge < -0.3 is 4.90 Å². The molecule has 1 saturated heterocycles. The fourth-order valence-electron chi connectivity index (χ4n) is 3.46. The Morgan fingerprint density at radius 3 is 2.78 bits per heavy atom. The van der Waals surface area contributed by atoms with Crippen LogP contribution in [0.15, 0.2) is 30.7 Å². The van der Waals surface area contributed by atoms with Gasteiger partial charge in [0.25, 0.3) is 0 Å². The molecule has 2 aromatic heterocycles. The molecular weight excluding hydrogens is 293 g/mol. The van der Waals surface area contributed by atoms with Crippen LogP contribution in [0.25, 0.3) is 10.9 Å². The standard InChI is InChI=1S/C17H18FN5/c1-11-14(9-21-22-11)12-5-7-23(8-6-12)17-13-3-2-4-15(18)16(13)19-10-20-17/h2-4,9-10,12H,5-8H2,1H3,(H,21,22). The average Bonchev–Trinajstić information content (AvgIpc) is 3.01. The Kier molecular flexibility index (Phi) is 3.44. The zero-order chi connectivity index (χ0) is 15.8. The van der Waals surface area contributed by atoms with Gasteiger partial charge in [0, 0.05) is 24.2 Å². The van der Waals surface area contributed by atoms with Crippen LogP contribution in [0.5, 0.6) is 0 Å². The van der Waals surface area contributed by atoms with E-state index in [0.717, 1.165) is 42.8 Å². The molecule has 3 heterocycles. The number of nitrogens with one attached hydrogen (secondary N) is 1. The first-order valence-electron chi connectivity index (χ1n) is 7.88. The van der Waals surface area contributed by atoms with Gasteiger partial charge in [0.2, 0.25) is 0 Å². The van der Waals surface area contributed by atoms with Crippen molar-refractivity contribution >= 4 is 16.7 Å². The molecule has 0 atom stereocenters. The highest BCUT2D eigenvalue weighted by Gasteiger charge is 2.24. The van der Waals surface area contributed by atoms with Crippen molar-refractivity contribution in [3.63, 3.8) is 0 Å². The van der Waals surface area contributed by atoms with Gasteiger partial charge in [-0.1, -0.05) is 6.07 Å². The summed E-state index contributed by atoms with van der Waals surface area (Å²) in [4.78, 5) is 10.7. The Labute approximate surface area is 133 Å². The molecule has 0 unspecified atom stereocenters. The molecule has 0 radical (unpaired) electrons. The molecule has 3 aromatic rings. The Hall–Kier alpha value is -2.50. The van der Waals surface area contributed by atoms with Gasteiger partial charge in [0.05, 0.1) is 6.20 Å². The van der Waals surface area contributed by atoms with E-state index in [1.807, 2.05) is 12.3 Å². The van der Waals surface area contributed by atoms with E-state index in [0.29, 0.717) is 11.4 Å². The smallest absolute Gasteiger partial charge is 0.149 e. The highest BCUT2D eigenvalue weighted by atomic mass is 19.1. The molecule has 0 spiro atoms. The van der Waals surface area contributed by atoms with E-state index < -0.39 is 0 Å². The van der Waals surface area contributed by atoms with E-state index >= 15 is 0 Å². The number of aromatic nitrogens is 4. The summed E-state index contributed by atoms with van der Waals surface area (Å²) >= 11 is 0. The fraction of sp³-hybridized carbons (Fsp3) is 0.353. The van der Waals surface area contributed by atoms with Crippen molar-refractivity contribution in [2.45, 2.75) is 25.7 Å². The topological polar surface area (TPSA) is 57.7 Å². The highest BCUT2D eigenvalue weighted by molar-refractivity contribution is 5.89. The number of aryl methyl sites for hydroxylation is 1. The van der Waals surface area contributed by atoms with E-state index in [2.05, 4.69) is 32.0 Å². The first-order valence-corrected chi connectivity index (χ1v) is 7.88. The minimum Gasteiger partial charge on any atom is -0.356 e. The molecule has 1 aliphatic rings. The lowest BCUT2D eigenvalue weighted by Crippen LogP contribution is -2.33. The van der Waals surface area contributed by atoms with Crippen LogP contribution in [0.4, 0.5) is 10.2 Å². The van der Waals surface area contributed by atoms with E-state index in [4.69, 9.17) is 0 Å². The van der Waals surface area contributed by atoms with Crippen LogP contribution in [-0.4, -0.2) is 33.3 Å². The highest BCUT2D eigenvalue weighted by Crippen LogP contribution is 2.33. The first-order chi connectivity index (χ1) is 11.2. The number of rotatable bonds is 2. The molecule has 0 bridgehead atoms. The van der Waals surface area contributed by atoms with Crippen molar-refractivity contribution in [3.05, 3.63) is 47.8 Å². The number of piperidine rings is 1. The van der Waals surface area contributed by atoms with Crippen molar-refractivity contribution in [3.8, 4) is 0 Å². The van der Waals surface area contributed by atoms with Crippen molar-refractivity contribution < 1.29 is 4.39 Å². The number of hydrogen-bond donors (Lipinski definition) is 1. The van der Waals surface area contributed by atoms with Crippen molar-refractivity contribution in [1.29, 1.82) is 0 Å². The summed E-state index contributed by atoms with van der Waals surface area (Å²) in [6, 6.07) is 5.04. The van der Waals surface area contributed by atoms with Crippen molar-refractivity contribution in [1.82, 2.24) is 20.2 Å². The largest absolute Gasteiger partial charge is 0.356 e. The lowest BCUT2D eigenvalue weighted by molar-refractivity contribution is 0.502. The number of para-hydroxylation sites is 1. The predicted octanol–water partition coefficient (Wildman–Crippen LogP) is 3.18. The van der Waals surface area contributed by atoms with Crippen LogP contribution in [-0.2, 0) is 0 Å². The molecule has 0 saturated carbocycles. The number of halogens is 1. The van der Waals surface area contributed by atoms with Crippen LogP contribution >= 0.6 is 0 Å². The molecule has 4 rings (SSSR count). The summed E-state index contributed by atoms with van der Waals surface area (Å²) in [5.74, 6) is 1.06. The summed E-state index contributed by atoms with van der Waals surface area (Å²) in [5.41, 5.74) is 2.85. The number of hydrogen-bond acceptors (Lipinski definition) is 4. The van der Waals surface area contributed by atoms with Gasteiger partial charge in [-0.3, -0.25) is 5.10 Å². The molecule has 1 aliphatic heterocycles. The van der Waals surface area contributed by atoms with Crippen LogP contribution in [0.1, 0.15) is 30.0 Å². The van der Waals surface area contributed by atoms with E-state index in [1.165, 1.54) is 18.0 Å². The second-order valence-corrected chi connectivity index (χ2v) is 6.04. The Morgan fingerprint density at radius 1 is 1.22 bits per heavy atom. The lowest BCUT2D eigenvalue weighted by Gasteiger charge is -2.33. The predicted molar refractivity (Wildman–Crippen MR) is 87.0 cm³/mol. The second kappa shape index (κ2) is 5.61. The molecule has 1 aromatic carbocycles. The van der Waals surface area contributed by atoms with Crippen LogP contribution in [0.3, 0.4) is 0 Å². The Morgan fingerprint density at radius 2 is 2.04 bits per heavy atom. The van der Waals surface area contributed by atoms with Gasteiger partial charge in [0.15, 0.2) is 0 Å². The molecule has 0 aliphatic carbocycles. The van der Waals surface area contributed by atoms with Crippen molar-refractivity contribution in [2.24, 2.45) is 0 Å². The van der Waals surface area contributed by atoms with E-state index in [1.54, 1.807) is 6.07 Å². The SMILES string of the molecule is Cc1[nH]ncc1C1CCN(c2ncnc3c(F)cccc23)CC1. The number of fused-ring (bicyclic) bond motifs is 1. The van der Waals surface area contributed by atoms with Crippen LogP contribution in [0.2, 0.25) is 0 Å². The number of benzene rings is 1. The third-order valence-electron chi connectivity index (χ3n) is 4.70. The molecule has 5 nitrogen and oxygen atoms in total. The first kappa shape index (κ1) is 14.1. The summed E-state index contributed by atoms with van der Waals surface area (Å²) in [5, 5.41) is 7.92. The summed E-state index contributed by atoms with van der Waals surface area (Å²) in [6.45, 7) is 3.87. The van der Waals surface area contributed by atoms with Crippen LogP contribution in [0, 0.1) is 12.7 Å². The monoisotopic (exact) mass is 311 g/mol.